The summed E-state index contributed by atoms with van der Waals surface area (Å²) < 4.78 is 13.2. The van der Waals surface area contributed by atoms with Crippen LogP contribution in [0.2, 0.25) is 0 Å². The smallest absolute Gasteiger partial charge is 0.229 e. The topological polar surface area (TPSA) is 75.1 Å². The Morgan fingerprint density at radius 2 is 1.89 bits per heavy atom. The van der Waals surface area contributed by atoms with Gasteiger partial charge < -0.3 is 10.4 Å². The Labute approximate surface area is 205 Å². The monoisotopic (exact) mass is 473 g/mol. The number of amides is 1. The third-order valence-corrected chi connectivity index (χ3v) is 7.99. The minimum atomic E-state index is -0.323. The first-order valence-corrected chi connectivity index (χ1v) is 12.5. The molecule has 2 N–H and O–H groups in total. The lowest BCUT2D eigenvalue weighted by Crippen LogP contribution is -2.32. The Balaban J connectivity index is 1.43. The Hall–Kier alpha value is -3.28. The van der Waals surface area contributed by atoms with Gasteiger partial charge in [-0.2, -0.15) is 0 Å². The van der Waals surface area contributed by atoms with Crippen molar-refractivity contribution >= 4 is 11.7 Å². The number of aromatic nitrogens is 2. The number of hydrogen-bond donors (Lipinski definition) is 2. The fourth-order valence-corrected chi connectivity index (χ4v) is 5.98. The summed E-state index contributed by atoms with van der Waals surface area (Å²) in [7, 11) is 0. The van der Waals surface area contributed by atoms with E-state index in [1.54, 1.807) is 30.5 Å². The van der Waals surface area contributed by atoms with Crippen LogP contribution < -0.4 is 5.32 Å². The number of phenols is 1. The van der Waals surface area contributed by atoms with E-state index in [9.17, 15) is 14.3 Å². The van der Waals surface area contributed by atoms with Gasteiger partial charge in [-0.25, -0.2) is 14.4 Å². The minimum absolute atomic E-state index is 0.140. The summed E-state index contributed by atoms with van der Waals surface area (Å²) in [5.41, 5.74) is 3.28. The Kier molecular flexibility index (Phi) is 6.30. The average Bonchev–Trinajstić information content (AvgIpc) is 3.62. The predicted octanol–water partition coefficient (Wildman–Crippen LogP) is 6.17. The van der Waals surface area contributed by atoms with Crippen LogP contribution in [0, 0.1) is 29.0 Å². The van der Waals surface area contributed by atoms with Crippen LogP contribution in [0.3, 0.4) is 0 Å². The molecule has 0 spiro atoms. The van der Waals surface area contributed by atoms with E-state index in [0.29, 0.717) is 11.7 Å². The van der Waals surface area contributed by atoms with Gasteiger partial charge in [-0.15, -0.1) is 0 Å². The molecule has 2 fully saturated rings. The molecule has 4 unspecified atom stereocenters. The molecule has 2 aliphatic carbocycles. The van der Waals surface area contributed by atoms with Gasteiger partial charge in [0.05, 0.1) is 24.0 Å². The summed E-state index contributed by atoms with van der Waals surface area (Å²) in [6, 6.07) is 12.9. The molecule has 5 nitrogen and oxygen atoms in total. The second kappa shape index (κ2) is 9.40. The molecule has 5 rings (SSSR count). The number of fused-ring (bicyclic) bond motifs is 1. The molecular weight excluding hydrogens is 441 g/mol. The number of anilines is 1. The summed E-state index contributed by atoms with van der Waals surface area (Å²) in [5, 5.41) is 12.6. The molecule has 2 saturated carbocycles. The van der Waals surface area contributed by atoms with Gasteiger partial charge in [-0.3, -0.25) is 4.79 Å². The first kappa shape index (κ1) is 23.5. The van der Waals surface area contributed by atoms with Crippen LogP contribution in [-0.2, 0) is 17.6 Å². The van der Waals surface area contributed by atoms with E-state index in [2.05, 4.69) is 24.1 Å². The van der Waals surface area contributed by atoms with Gasteiger partial charge in [0.15, 0.2) is 5.82 Å². The van der Waals surface area contributed by atoms with E-state index in [-0.39, 0.29) is 29.3 Å². The molecule has 1 aromatic heterocycles. The Morgan fingerprint density at radius 3 is 2.57 bits per heavy atom. The molecule has 35 heavy (non-hydrogen) atoms. The number of phenolic OH excluding ortho intramolecular Hbond substituents is 1. The number of benzene rings is 2. The van der Waals surface area contributed by atoms with E-state index in [1.165, 1.54) is 31.4 Å². The number of halogens is 1. The van der Waals surface area contributed by atoms with Crippen molar-refractivity contribution in [2.45, 2.75) is 52.4 Å². The molecule has 0 radical (unpaired) electrons. The molecular formula is C29H32FN3O2. The number of aromatic hydroxyl groups is 1. The molecule has 6 heteroatoms. The SMILES string of the molecule is CCC1(Cc2nc(-c3ccc(O)cc3)cnc2NC(=O)Cc2ccc(F)cc2)CC(C)C2CC2C1. The molecule has 2 aromatic carbocycles. The number of carbonyl (C=O) groups excluding carboxylic acids is 1. The van der Waals surface area contributed by atoms with Crippen molar-refractivity contribution in [1.29, 1.82) is 0 Å². The zero-order valence-corrected chi connectivity index (χ0v) is 20.3. The summed E-state index contributed by atoms with van der Waals surface area (Å²) in [5.74, 6) is 2.57. The fourth-order valence-electron chi connectivity index (χ4n) is 5.98. The van der Waals surface area contributed by atoms with Crippen LogP contribution in [0.25, 0.3) is 11.3 Å². The van der Waals surface area contributed by atoms with Gasteiger partial charge in [0.2, 0.25) is 5.91 Å². The van der Waals surface area contributed by atoms with Crippen LogP contribution in [-0.4, -0.2) is 21.0 Å². The van der Waals surface area contributed by atoms with Crippen LogP contribution in [0.1, 0.15) is 50.8 Å². The summed E-state index contributed by atoms with van der Waals surface area (Å²) in [6.45, 7) is 4.64. The molecule has 1 amide bonds. The summed E-state index contributed by atoms with van der Waals surface area (Å²) in [4.78, 5) is 22.5. The second-order valence-electron chi connectivity index (χ2n) is 10.5. The van der Waals surface area contributed by atoms with Gasteiger partial charge in [0.1, 0.15) is 11.6 Å². The standard InChI is InChI=1S/C29H32FN3O2/c1-3-29(14-18(2)24-13-21(24)15-29)16-25-28(33-27(35)12-19-4-8-22(30)9-5-19)31-17-26(32-25)20-6-10-23(34)11-7-20/h4-11,17-18,21,24,34H,3,12-16H2,1-2H3,(H,31,33,35). The lowest BCUT2D eigenvalue weighted by atomic mass is 9.66. The van der Waals surface area contributed by atoms with E-state index in [0.717, 1.165) is 47.2 Å². The van der Waals surface area contributed by atoms with Crippen molar-refractivity contribution in [2.24, 2.45) is 23.2 Å². The first-order valence-electron chi connectivity index (χ1n) is 12.5. The van der Waals surface area contributed by atoms with Crippen molar-refractivity contribution in [3.05, 3.63) is 71.8 Å². The lowest BCUT2D eigenvalue weighted by molar-refractivity contribution is -0.115. The maximum Gasteiger partial charge on any atom is 0.229 e. The van der Waals surface area contributed by atoms with Crippen molar-refractivity contribution in [2.75, 3.05) is 5.32 Å². The van der Waals surface area contributed by atoms with Crippen molar-refractivity contribution in [1.82, 2.24) is 9.97 Å². The van der Waals surface area contributed by atoms with E-state index >= 15 is 0 Å². The van der Waals surface area contributed by atoms with E-state index < -0.39 is 0 Å². The van der Waals surface area contributed by atoms with Crippen molar-refractivity contribution in [3.8, 4) is 17.0 Å². The van der Waals surface area contributed by atoms with E-state index in [4.69, 9.17) is 4.98 Å². The zero-order valence-electron chi connectivity index (χ0n) is 20.3. The largest absolute Gasteiger partial charge is 0.508 e. The maximum absolute atomic E-state index is 13.2. The molecule has 3 aromatic rings. The first-order chi connectivity index (χ1) is 16.8. The normalized spacial score (nSPS) is 25.1. The molecule has 0 aliphatic heterocycles. The van der Waals surface area contributed by atoms with Gasteiger partial charge in [0.25, 0.3) is 0 Å². The maximum atomic E-state index is 13.2. The third-order valence-electron chi connectivity index (χ3n) is 7.99. The highest BCUT2D eigenvalue weighted by Gasteiger charge is 2.51. The van der Waals surface area contributed by atoms with Gasteiger partial charge >= 0.3 is 0 Å². The van der Waals surface area contributed by atoms with Gasteiger partial charge in [0, 0.05) is 5.56 Å². The number of carbonyl (C=O) groups is 1. The van der Waals surface area contributed by atoms with Crippen molar-refractivity contribution < 1.29 is 14.3 Å². The highest BCUT2D eigenvalue weighted by atomic mass is 19.1. The molecule has 1 heterocycles. The van der Waals surface area contributed by atoms with Crippen LogP contribution >= 0.6 is 0 Å². The molecule has 4 atom stereocenters. The number of nitrogens with one attached hydrogen (secondary N) is 1. The molecule has 2 aliphatic rings. The number of rotatable bonds is 7. The Bertz CT molecular complexity index is 1210. The predicted molar refractivity (Wildman–Crippen MR) is 134 cm³/mol. The fraction of sp³-hybridized carbons (Fsp3) is 0.414. The van der Waals surface area contributed by atoms with Crippen molar-refractivity contribution in [3.63, 3.8) is 0 Å². The highest BCUT2D eigenvalue weighted by molar-refractivity contribution is 5.92. The average molecular weight is 474 g/mol. The molecule has 0 bridgehead atoms. The second-order valence-corrected chi connectivity index (χ2v) is 10.5. The quantitative estimate of drug-likeness (QED) is 0.430. The number of hydrogen-bond acceptors (Lipinski definition) is 4. The van der Waals surface area contributed by atoms with Gasteiger partial charge in [-0.1, -0.05) is 32.4 Å². The van der Waals surface area contributed by atoms with Gasteiger partial charge in [-0.05, 0) is 90.8 Å². The van der Waals surface area contributed by atoms with E-state index in [1.807, 2.05) is 12.1 Å². The lowest BCUT2D eigenvalue weighted by Gasteiger charge is -2.39. The summed E-state index contributed by atoms with van der Waals surface area (Å²) in [6.07, 6.45) is 7.34. The van der Waals surface area contributed by atoms with Crippen LogP contribution in [0.4, 0.5) is 10.2 Å². The summed E-state index contributed by atoms with van der Waals surface area (Å²) >= 11 is 0. The third kappa shape index (κ3) is 5.21. The highest BCUT2D eigenvalue weighted by Crippen LogP contribution is 2.60. The minimum Gasteiger partial charge on any atom is -0.508 e. The van der Waals surface area contributed by atoms with Crippen LogP contribution in [0.15, 0.2) is 54.7 Å². The Morgan fingerprint density at radius 1 is 1.14 bits per heavy atom. The van der Waals surface area contributed by atoms with Crippen LogP contribution in [0.5, 0.6) is 5.75 Å². The molecule has 0 saturated heterocycles. The molecule has 182 valence electrons. The number of nitrogens with zero attached hydrogens (tertiary/aromatic N) is 2. The zero-order chi connectivity index (χ0) is 24.6.